The molecule has 0 aliphatic rings. The SMILES string of the molecule is COc1ccc(/C(C)=N/NC(=O)c2cc(-c3ccc(C)s3)[nH]n2)cc1. The number of rotatable bonds is 5. The quantitative estimate of drug-likeness (QED) is 0.543. The van der Waals surface area contributed by atoms with Gasteiger partial charge in [0.15, 0.2) is 5.69 Å². The monoisotopic (exact) mass is 354 g/mol. The van der Waals surface area contributed by atoms with Crippen LogP contribution in [0, 0.1) is 6.92 Å². The maximum atomic E-state index is 12.2. The molecule has 0 fully saturated rings. The van der Waals surface area contributed by atoms with Gasteiger partial charge in [0.05, 0.1) is 23.4 Å². The van der Waals surface area contributed by atoms with Crippen LogP contribution in [0.2, 0.25) is 0 Å². The first-order valence-electron chi connectivity index (χ1n) is 7.68. The molecule has 0 saturated heterocycles. The number of hydrogen-bond acceptors (Lipinski definition) is 5. The minimum atomic E-state index is -0.358. The van der Waals surface area contributed by atoms with E-state index in [2.05, 4.69) is 20.7 Å². The van der Waals surface area contributed by atoms with Gasteiger partial charge in [-0.15, -0.1) is 11.3 Å². The van der Waals surface area contributed by atoms with Gasteiger partial charge in [-0.25, -0.2) is 5.43 Å². The molecule has 3 aromatic rings. The Balaban J connectivity index is 1.68. The summed E-state index contributed by atoms with van der Waals surface area (Å²) >= 11 is 1.64. The van der Waals surface area contributed by atoms with Gasteiger partial charge in [0, 0.05) is 4.88 Å². The fraction of sp³-hybridized carbons (Fsp3) is 0.167. The summed E-state index contributed by atoms with van der Waals surface area (Å²) in [5.41, 5.74) is 5.25. The number of ether oxygens (including phenoxy) is 1. The highest BCUT2D eigenvalue weighted by molar-refractivity contribution is 7.15. The van der Waals surface area contributed by atoms with Crippen molar-refractivity contribution in [1.82, 2.24) is 15.6 Å². The van der Waals surface area contributed by atoms with Crippen LogP contribution in [-0.4, -0.2) is 28.9 Å². The van der Waals surface area contributed by atoms with Crippen LogP contribution in [0.1, 0.15) is 27.9 Å². The highest BCUT2D eigenvalue weighted by atomic mass is 32.1. The van der Waals surface area contributed by atoms with E-state index in [-0.39, 0.29) is 5.91 Å². The maximum absolute atomic E-state index is 12.2. The highest BCUT2D eigenvalue weighted by Gasteiger charge is 2.12. The van der Waals surface area contributed by atoms with Crippen LogP contribution >= 0.6 is 11.3 Å². The van der Waals surface area contributed by atoms with Gasteiger partial charge in [-0.1, -0.05) is 0 Å². The molecule has 2 heterocycles. The number of H-pyrrole nitrogens is 1. The van der Waals surface area contributed by atoms with Crippen molar-refractivity contribution in [3.63, 3.8) is 0 Å². The first-order chi connectivity index (χ1) is 12.1. The van der Waals surface area contributed by atoms with Gasteiger partial charge in [0.2, 0.25) is 0 Å². The molecule has 2 N–H and O–H groups in total. The van der Waals surface area contributed by atoms with Crippen molar-refractivity contribution in [2.45, 2.75) is 13.8 Å². The predicted octanol–water partition coefficient (Wildman–Crippen LogP) is 3.61. The Hall–Kier alpha value is -2.93. The Kier molecular flexibility index (Phi) is 4.95. The fourth-order valence-corrected chi connectivity index (χ4v) is 3.07. The van der Waals surface area contributed by atoms with Crippen LogP contribution in [0.25, 0.3) is 10.6 Å². The largest absolute Gasteiger partial charge is 0.497 e. The van der Waals surface area contributed by atoms with Crippen molar-refractivity contribution in [2.24, 2.45) is 5.10 Å². The summed E-state index contributed by atoms with van der Waals surface area (Å²) in [4.78, 5) is 14.5. The molecule has 0 aliphatic heterocycles. The number of methoxy groups -OCH3 is 1. The van der Waals surface area contributed by atoms with Gasteiger partial charge in [-0.2, -0.15) is 10.2 Å². The summed E-state index contributed by atoms with van der Waals surface area (Å²) in [7, 11) is 1.62. The molecule has 7 heteroatoms. The summed E-state index contributed by atoms with van der Waals surface area (Å²) in [5.74, 6) is 0.414. The minimum Gasteiger partial charge on any atom is -0.497 e. The van der Waals surface area contributed by atoms with Crippen LogP contribution in [0.4, 0.5) is 0 Å². The first kappa shape index (κ1) is 16.9. The normalized spacial score (nSPS) is 11.4. The van der Waals surface area contributed by atoms with Gasteiger partial charge in [0.25, 0.3) is 5.91 Å². The standard InChI is InChI=1S/C18H18N4O2S/c1-11-4-9-17(25-11)15-10-16(21-20-15)18(23)22-19-12(2)13-5-7-14(24-3)8-6-13/h4-10H,1-3H3,(H,20,21)(H,22,23)/b19-12+. The van der Waals surface area contributed by atoms with Crippen molar-refractivity contribution in [1.29, 1.82) is 0 Å². The zero-order valence-corrected chi connectivity index (χ0v) is 15.0. The lowest BCUT2D eigenvalue weighted by Gasteiger charge is -2.03. The third-order valence-electron chi connectivity index (χ3n) is 3.65. The summed E-state index contributed by atoms with van der Waals surface area (Å²) in [6.45, 7) is 3.86. The second-order valence-corrected chi connectivity index (χ2v) is 6.73. The van der Waals surface area contributed by atoms with Crippen LogP contribution in [0.15, 0.2) is 47.6 Å². The van der Waals surface area contributed by atoms with Gasteiger partial charge in [0.1, 0.15) is 5.75 Å². The Labute approximate surface area is 149 Å². The number of aromatic amines is 1. The number of hydrazone groups is 1. The molecule has 3 rings (SSSR count). The molecular weight excluding hydrogens is 336 g/mol. The smallest absolute Gasteiger partial charge is 0.291 e. The topological polar surface area (TPSA) is 79.4 Å². The molecule has 0 bridgehead atoms. The van der Waals surface area contributed by atoms with E-state index in [4.69, 9.17) is 4.74 Å². The van der Waals surface area contributed by atoms with Crippen molar-refractivity contribution in [2.75, 3.05) is 7.11 Å². The van der Waals surface area contributed by atoms with Gasteiger partial charge in [-0.05, 0) is 61.9 Å². The number of thiophene rings is 1. The maximum Gasteiger partial charge on any atom is 0.291 e. The predicted molar refractivity (Wildman–Crippen MR) is 99.3 cm³/mol. The average molecular weight is 354 g/mol. The highest BCUT2D eigenvalue weighted by Crippen LogP contribution is 2.26. The van der Waals surface area contributed by atoms with Gasteiger partial charge < -0.3 is 4.74 Å². The molecule has 0 saturated carbocycles. The lowest BCUT2D eigenvalue weighted by molar-refractivity contribution is 0.0950. The Morgan fingerprint density at radius 1 is 1.24 bits per heavy atom. The second-order valence-electron chi connectivity index (χ2n) is 5.44. The number of aromatic nitrogens is 2. The van der Waals surface area contributed by atoms with Crippen LogP contribution in [0.5, 0.6) is 5.75 Å². The molecule has 0 spiro atoms. The molecule has 128 valence electrons. The molecule has 25 heavy (non-hydrogen) atoms. The summed E-state index contributed by atoms with van der Waals surface area (Å²) < 4.78 is 5.12. The second kappa shape index (κ2) is 7.31. The van der Waals surface area contributed by atoms with E-state index in [1.807, 2.05) is 50.2 Å². The van der Waals surface area contributed by atoms with E-state index in [1.165, 1.54) is 4.88 Å². The van der Waals surface area contributed by atoms with Crippen LogP contribution in [-0.2, 0) is 0 Å². The molecule has 0 unspecified atom stereocenters. The summed E-state index contributed by atoms with van der Waals surface area (Å²) in [6, 6.07) is 13.2. The molecule has 0 aliphatic carbocycles. The van der Waals surface area contributed by atoms with Crippen LogP contribution in [0.3, 0.4) is 0 Å². The molecule has 1 aromatic carbocycles. The molecule has 0 radical (unpaired) electrons. The lowest BCUT2D eigenvalue weighted by Crippen LogP contribution is -2.19. The number of nitrogens with zero attached hydrogens (tertiary/aromatic N) is 2. The minimum absolute atomic E-state index is 0.298. The molecule has 1 amide bonds. The van der Waals surface area contributed by atoms with Crippen molar-refractivity contribution in [3.05, 3.63) is 58.6 Å². The number of hydrogen-bond donors (Lipinski definition) is 2. The number of amides is 1. The fourth-order valence-electron chi connectivity index (χ4n) is 2.23. The van der Waals surface area contributed by atoms with E-state index in [0.717, 1.165) is 21.9 Å². The van der Waals surface area contributed by atoms with E-state index in [0.29, 0.717) is 11.4 Å². The molecular formula is C18H18N4O2S. The number of nitrogens with one attached hydrogen (secondary N) is 2. The van der Waals surface area contributed by atoms with E-state index in [1.54, 1.807) is 24.5 Å². The average Bonchev–Trinajstić information content (AvgIpc) is 3.28. The Morgan fingerprint density at radius 3 is 2.64 bits per heavy atom. The molecule has 2 aromatic heterocycles. The van der Waals surface area contributed by atoms with Crippen molar-refractivity contribution < 1.29 is 9.53 Å². The zero-order chi connectivity index (χ0) is 17.8. The molecule has 0 atom stereocenters. The Bertz CT molecular complexity index is 909. The van der Waals surface area contributed by atoms with E-state index in [9.17, 15) is 4.79 Å². The number of aryl methyl sites for hydroxylation is 1. The first-order valence-corrected chi connectivity index (χ1v) is 8.50. The number of carbonyl (C=O) groups excluding carboxylic acids is 1. The van der Waals surface area contributed by atoms with E-state index < -0.39 is 0 Å². The summed E-state index contributed by atoms with van der Waals surface area (Å²) in [5, 5.41) is 11.1. The summed E-state index contributed by atoms with van der Waals surface area (Å²) in [6.07, 6.45) is 0. The van der Waals surface area contributed by atoms with Crippen LogP contribution < -0.4 is 10.2 Å². The molecule has 6 nitrogen and oxygen atoms in total. The third-order valence-corrected chi connectivity index (χ3v) is 4.68. The number of carbonyl (C=O) groups is 1. The zero-order valence-electron chi connectivity index (χ0n) is 14.2. The van der Waals surface area contributed by atoms with Crippen molar-refractivity contribution >= 4 is 23.0 Å². The number of benzene rings is 1. The van der Waals surface area contributed by atoms with Gasteiger partial charge >= 0.3 is 0 Å². The van der Waals surface area contributed by atoms with E-state index >= 15 is 0 Å². The third kappa shape index (κ3) is 3.95. The lowest BCUT2D eigenvalue weighted by atomic mass is 10.1. The van der Waals surface area contributed by atoms with Gasteiger partial charge in [-0.3, -0.25) is 9.89 Å². The van der Waals surface area contributed by atoms with Crippen molar-refractivity contribution in [3.8, 4) is 16.3 Å². The Morgan fingerprint density at radius 2 is 2.00 bits per heavy atom.